The summed E-state index contributed by atoms with van der Waals surface area (Å²) >= 11 is 0. The van der Waals surface area contributed by atoms with Gasteiger partial charge >= 0.3 is 0 Å². The van der Waals surface area contributed by atoms with Crippen molar-refractivity contribution in [2.24, 2.45) is 0 Å². The van der Waals surface area contributed by atoms with E-state index < -0.39 is 16.1 Å². The highest BCUT2D eigenvalue weighted by molar-refractivity contribution is 7.04. The Bertz CT molecular complexity index is 2810. The zero-order chi connectivity index (χ0) is 37.5. The van der Waals surface area contributed by atoms with Crippen molar-refractivity contribution in [3.05, 3.63) is 169 Å². The molecule has 4 heteroatoms. The molecule has 0 amide bonds. The number of hydrogen-bond acceptors (Lipinski definition) is 2. The highest BCUT2D eigenvalue weighted by Gasteiger charge is 2.42. The first-order valence-electron chi connectivity index (χ1n) is 19.4. The lowest BCUT2D eigenvalue weighted by atomic mass is 9.87. The molecule has 3 heterocycles. The fraction of sp³-hybridized carbons (Fsp3) is 0.0980. The van der Waals surface area contributed by atoms with Crippen LogP contribution in [-0.4, -0.2) is 26.1 Å². The van der Waals surface area contributed by atoms with Crippen LogP contribution >= 0.6 is 0 Å². The van der Waals surface area contributed by atoms with E-state index in [1.807, 2.05) is 0 Å². The third kappa shape index (κ3) is 5.05. The van der Waals surface area contributed by atoms with Gasteiger partial charge in [0.05, 0.1) is 11.4 Å². The second-order valence-electron chi connectivity index (χ2n) is 16.1. The molecule has 264 valence electrons. The Balaban J connectivity index is 1.38. The van der Waals surface area contributed by atoms with Crippen LogP contribution in [0.1, 0.15) is 5.56 Å². The molecule has 0 saturated heterocycles. The lowest BCUT2D eigenvalue weighted by molar-refractivity contribution is 1.15. The topological polar surface area (TPSA) is 25.8 Å². The highest BCUT2D eigenvalue weighted by atomic mass is 28.3. The summed E-state index contributed by atoms with van der Waals surface area (Å²) in [6.07, 6.45) is 0. The average Bonchev–Trinajstić information content (AvgIpc) is 3.61. The van der Waals surface area contributed by atoms with Gasteiger partial charge < -0.3 is 0 Å². The molecule has 0 bridgehead atoms. The standard InChI is InChI=1S/C51H42N2Si2/c1-33-49(36-23-13-8-14-24-36)52-51(48-38(35-21-11-7-12-22-35)30-32-44-46(48)40-26-16-18-28-42(40)55(44,4)5)53-50(33)47-37(34-19-9-6-10-20-34)29-31-43-45(47)39-25-15-17-27-41(39)54(43,2)3/h6-32H,1-5H3. The van der Waals surface area contributed by atoms with E-state index in [-0.39, 0.29) is 0 Å². The van der Waals surface area contributed by atoms with E-state index in [9.17, 15) is 0 Å². The summed E-state index contributed by atoms with van der Waals surface area (Å²) in [6, 6.07) is 60.1. The van der Waals surface area contributed by atoms with Crippen LogP contribution in [0.15, 0.2) is 164 Å². The first-order chi connectivity index (χ1) is 26.7. The molecule has 0 aliphatic carbocycles. The Labute approximate surface area is 326 Å². The quantitative estimate of drug-likeness (QED) is 0.164. The van der Waals surface area contributed by atoms with Crippen LogP contribution in [0.25, 0.3) is 78.4 Å². The average molecular weight is 739 g/mol. The lowest BCUT2D eigenvalue weighted by Gasteiger charge is -2.23. The van der Waals surface area contributed by atoms with E-state index in [0.717, 1.165) is 39.5 Å². The van der Waals surface area contributed by atoms with E-state index in [4.69, 9.17) is 9.97 Å². The lowest BCUT2D eigenvalue weighted by Crippen LogP contribution is -2.49. The van der Waals surface area contributed by atoms with Crippen molar-refractivity contribution >= 4 is 36.9 Å². The molecule has 0 unspecified atom stereocenters. The van der Waals surface area contributed by atoms with Crippen LogP contribution < -0.4 is 20.7 Å². The van der Waals surface area contributed by atoms with Crippen molar-refractivity contribution in [1.82, 2.24) is 9.97 Å². The molecule has 2 nitrogen and oxygen atoms in total. The molecule has 0 atom stereocenters. The molecule has 8 aromatic rings. The Morgan fingerprint density at radius 1 is 0.327 bits per heavy atom. The molecular formula is C51H42N2Si2. The number of hydrogen-bond donors (Lipinski definition) is 0. The number of benzene rings is 7. The van der Waals surface area contributed by atoms with Crippen LogP contribution in [0, 0.1) is 6.92 Å². The molecule has 55 heavy (non-hydrogen) atoms. The third-order valence-corrected chi connectivity index (χ3v) is 19.4. The summed E-state index contributed by atoms with van der Waals surface area (Å²) in [5.41, 5.74) is 16.5. The fourth-order valence-corrected chi connectivity index (χ4v) is 15.7. The molecule has 7 aromatic carbocycles. The van der Waals surface area contributed by atoms with Crippen molar-refractivity contribution in [2.45, 2.75) is 33.1 Å². The van der Waals surface area contributed by atoms with Gasteiger partial charge in [-0.2, -0.15) is 0 Å². The summed E-state index contributed by atoms with van der Waals surface area (Å²) < 4.78 is 0. The predicted molar refractivity (Wildman–Crippen MR) is 238 cm³/mol. The molecule has 0 radical (unpaired) electrons. The van der Waals surface area contributed by atoms with E-state index in [2.05, 4.69) is 197 Å². The zero-order valence-electron chi connectivity index (χ0n) is 32.0. The molecule has 0 spiro atoms. The van der Waals surface area contributed by atoms with Gasteiger partial charge in [-0.1, -0.05) is 190 Å². The zero-order valence-corrected chi connectivity index (χ0v) is 34.0. The number of rotatable bonds is 5. The molecular weight excluding hydrogens is 697 g/mol. The van der Waals surface area contributed by atoms with Crippen molar-refractivity contribution in [3.63, 3.8) is 0 Å². The fourth-order valence-electron chi connectivity index (χ4n) is 9.53. The molecule has 1 aromatic heterocycles. The summed E-state index contributed by atoms with van der Waals surface area (Å²) in [4.78, 5) is 11.6. The van der Waals surface area contributed by atoms with Gasteiger partial charge in [-0.15, -0.1) is 0 Å². The van der Waals surface area contributed by atoms with Crippen LogP contribution in [0.2, 0.25) is 26.2 Å². The minimum absolute atomic E-state index is 0.774. The Hall–Kier alpha value is -5.95. The maximum absolute atomic E-state index is 5.89. The number of fused-ring (bicyclic) bond motifs is 6. The second kappa shape index (κ2) is 12.6. The van der Waals surface area contributed by atoms with Gasteiger partial charge in [0.2, 0.25) is 0 Å². The van der Waals surface area contributed by atoms with E-state index in [1.165, 1.54) is 65.3 Å². The Morgan fingerprint density at radius 2 is 0.727 bits per heavy atom. The smallest absolute Gasteiger partial charge is 0.161 e. The highest BCUT2D eigenvalue weighted by Crippen LogP contribution is 2.47. The Morgan fingerprint density at radius 3 is 1.24 bits per heavy atom. The molecule has 0 saturated carbocycles. The third-order valence-electron chi connectivity index (χ3n) is 12.3. The summed E-state index contributed by atoms with van der Waals surface area (Å²) in [6.45, 7) is 12.2. The molecule has 2 aliphatic heterocycles. The van der Waals surface area contributed by atoms with E-state index in [1.54, 1.807) is 0 Å². The van der Waals surface area contributed by atoms with Crippen LogP contribution in [0.5, 0.6) is 0 Å². The molecule has 10 rings (SSSR count). The number of aromatic nitrogens is 2. The van der Waals surface area contributed by atoms with Crippen molar-refractivity contribution in [2.75, 3.05) is 0 Å². The maximum Gasteiger partial charge on any atom is 0.161 e. The first-order valence-corrected chi connectivity index (χ1v) is 25.4. The van der Waals surface area contributed by atoms with Gasteiger partial charge in [0.25, 0.3) is 0 Å². The van der Waals surface area contributed by atoms with Crippen molar-refractivity contribution in [3.8, 4) is 78.4 Å². The minimum Gasteiger partial charge on any atom is -0.228 e. The summed E-state index contributed by atoms with van der Waals surface area (Å²) in [5, 5.41) is 5.88. The van der Waals surface area contributed by atoms with Crippen molar-refractivity contribution < 1.29 is 0 Å². The first kappa shape index (κ1) is 33.6. The largest absolute Gasteiger partial charge is 0.228 e. The maximum atomic E-state index is 5.89. The van der Waals surface area contributed by atoms with Gasteiger partial charge in [-0.25, -0.2) is 9.97 Å². The monoisotopic (exact) mass is 738 g/mol. The van der Waals surface area contributed by atoms with Gasteiger partial charge in [-0.3, -0.25) is 0 Å². The SMILES string of the molecule is Cc1c(-c2ccccc2)nc(-c2c(-c3ccccc3)ccc3c2-c2ccccc2[Si]3(C)C)nc1-c1c(-c2ccccc2)ccc2c1-c1ccccc1[Si]2(C)C. The Kier molecular flexibility index (Phi) is 7.67. The predicted octanol–water partition coefficient (Wildman–Crippen LogP) is 10.7. The van der Waals surface area contributed by atoms with Gasteiger partial charge in [0.1, 0.15) is 16.1 Å². The minimum atomic E-state index is -2.01. The number of nitrogens with zero attached hydrogens (tertiary/aromatic N) is 2. The molecule has 0 fully saturated rings. The van der Waals surface area contributed by atoms with Crippen LogP contribution in [0.4, 0.5) is 0 Å². The molecule has 0 N–H and O–H groups in total. The second-order valence-corrected chi connectivity index (χ2v) is 24.8. The normalized spacial score (nSPS) is 14.2. The van der Waals surface area contributed by atoms with Gasteiger partial charge in [0, 0.05) is 22.3 Å². The van der Waals surface area contributed by atoms with E-state index >= 15 is 0 Å². The summed E-state index contributed by atoms with van der Waals surface area (Å²) in [5.74, 6) is 0.774. The molecule has 2 aliphatic rings. The van der Waals surface area contributed by atoms with E-state index in [0.29, 0.717) is 0 Å². The van der Waals surface area contributed by atoms with Gasteiger partial charge in [-0.05, 0) is 72.2 Å². The van der Waals surface area contributed by atoms with Crippen LogP contribution in [-0.2, 0) is 0 Å². The van der Waals surface area contributed by atoms with Crippen LogP contribution in [0.3, 0.4) is 0 Å². The van der Waals surface area contributed by atoms with Crippen molar-refractivity contribution in [1.29, 1.82) is 0 Å². The summed E-state index contributed by atoms with van der Waals surface area (Å²) in [7, 11) is -4.01. The van der Waals surface area contributed by atoms with Gasteiger partial charge in [0.15, 0.2) is 5.82 Å².